The van der Waals surface area contributed by atoms with E-state index in [2.05, 4.69) is 5.32 Å². The molecule has 3 rings (SSSR count). The normalized spacial score (nSPS) is 26.8. The standard InChI is InChI=1S/C18H25N3O4S/c1-14(22)21-13-10-18(17(23)19-15-6-4-3-5-7-15)9-12-20(26(2,24)25)11-8-16(18)21/h3-7,16H,8-13H2,1-2H3,(H,19,23)/t16-,18+/m1/s1. The Labute approximate surface area is 154 Å². The number of nitrogens with zero attached hydrogens (tertiary/aromatic N) is 2. The Morgan fingerprint density at radius 3 is 2.38 bits per heavy atom. The van der Waals surface area contributed by atoms with Crippen molar-refractivity contribution >= 4 is 27.5 Å². The Morgan fingerprint density at radius 1 is 1.12 bits per heavy atom. The second-order valence-electron chi connectivity index (χ2n) is 7.16. The van der Waals surface area contributed by atoms with Crippen LogP contribution in [0.1, 0.15) is 26.2 Å². The van der Waals surface area contributed by atoms with Crippen LogP contribution >= 0.6 is 0 Å². The van der Waals surface area contributed by atoms with Gasteiger partial charge in [0.1, 0.15) is 0 Å². The van der Waals surface area contributed by atoms with Gasteiger partial charge in [-0.25, -0.2) is 12.7 Å². The lowest BCUT2D eigenvalue weighted by atomic mass is 9.75. The number of fused-ring (bicyclic) bond motifs is 1. The maximum atomic E-state index is 13.2. The van der Waals surface area contributed by atoms with Crippen LogP contribution < -0.4 is 5.32 Å². The average Bonchev–Trinajstić information content (AvgIpc) is 2.83. The van der Waals surface area contributed by atoms with Crippen molar-refractivity contribution < 1.29 is 18.0 Å². The van der Waals surface area contributed by atoms with Gasteiger partial charge in [0.05, 0.1) is 11.7 Å². The second kappa shape index (κ2) is 7.00. The van der Waals surface area contributed by atoms with Crippen molar-refractivity contribution in [3.05, 3.63) is 30.3 Å². The van der Waals surface area contributed by atoms with Gasteiger partial charge in [0.15, 0.2) is 0 Å². The fourth-order valence-electron chi connectivity index (χ4n) is 4.23. The zero-order valence-electron chi connectivity index (χ0n) is 15.1. The van der Waals surface area contributed by atoms with Gasteiger partial charge in [-0.2, -0.15) is 0 Å². The molecule has 1 aromatic rings. The third kappa shape index (κ3) is 3.48. The Hall–Kier alpha value is -1.93. The molecule has 7 nitrogen and oxygen atoms in total. The first kappa shape index (κ1) is 18.8. The first-order valence-corrected chi connectivity index (χ1v) is 10.7. The number of amides is 2. The van der Waals surface area contributed by atoms with Gasteiger partial charge in [0.2, 0.25) is 21.8 Å². The highest BCUT2D eigenvalue weighted by atomic mass is 32.2. The molecular weight excluding hydrogens is 354 g/mol. The van der Waals surface area contributed by atoms with Gasteiger partial charge >= 0.3 is 0 Å². The molecule has 2 fully saturated rings. The number of hydrogen-bond acceptors (Lipinski definition) is 4. The highest BCUT2D eigenvalue weighted by Crippen LogP contribution is 2.44. The molecule has 0 aliphatic carbocycles. The maximum absolute atomic E-state index is 13.2. The van der Waals surface area contributed by atoms with Crippen molar-refractivity contribution in [3.63, 3.8) is 0 Å². The van der Waals surface area contributed by atoms with E-state index in [1.54, 1.807) is 4.90 Å². The molecule has 2 heterocycles. The predicted molar refractivity (Wildman–Crippen MR) is 98.9 cm³/mol. The lowest BCUT2D eigenvalue weighted by Crippen LogP contribution is -2.48. The summed E-state index contributed by atoms with van der Waals surface area (Å²) in [5.41, 5.74) is -0.0582. The Balaban J connectivity index is 1.91. The summed E-state index contributed by atoms with van der Waals surface area (Å²) >= 11 is 0. The van der Waals surface area contributed by atoms with E-state index in [9.17, 15) is 18.0 Å². The van der Waals surface area contributed by atoms with Gasteiger partial charge in [-0.1, -0.05) is 18.2 Å². The largest absolute Gasteiger partial charge is 0.339 e. The number of carbonyl (C=O) groups excluding carboxylic acids is 2. The van der Waals surface area contributed by atoms with Crippen molar-refractivity contribution in [1.82, 2.24) is 9.21 Å². The summed E-state index contributed by atoms with van der Waals surface area (Å²) in [6.45, 7) is 2.66. The van der Waals surface area contributed by atoms with E-state index in [0.29, 0.717) is 44.6 Å². The van der Waals surface area contributed by atoms with Crippen LogP contribution in [0.4, 0.5) is 5.69 Å². The number of benzene rings is 1. The van der Waals surface area contributed by atoms with Crippen molar-refractivity contribution in [2.24, 2.45) is 5.41 Å². The number of para-hydroxylation sites is 1. The van der Waals surface area contributed by atoms with Crippen molar-refractivity contribution in [2.75, 3.05) is 31.2 Å². The number of nitrogens with one attached hydrogen (secondary N) is 1. The van der Waals surface area contributed by atoms with Crippen LogP contribution in [0, 0.1) is 5.41 Å². The van der Waals surface area contributed by atoms with Crippen molar-refractivity contribution in [1.29, 1.82) is 0 Å². The van der Waals surface area contributed by atoms with E-state index in [0.717, 1.165) is 0 Å². The molecule has 0 unspecified atom stereocenters. The Kier molecular flexibility index (Phi) is 5.07. The smallest absolute Gasteiger partial charge is 0.232 e. The van der Waals surface area contributed by atoms with Crippen LogP contribution in [0.5, 0.6) is 0 Å². The van der Waals surface area contributed by atoms with E-state index >= 15 is 0 Å². The summed E-state index contributed by atoms with van der Waals surface area (Å²) in [5, 5.41) is 2.97. The lowest BCUT2D eigenvalue weighted by molar-refractivity contribution is -0.133. The predicted octanol–water partition coefficient (Wildman–Crippen LogP) is 1.29. The number of carbonyl (C=O) groups is 2. The molecule has 1 aromatic carbocycles. The van der Waals surface area contributed by atoms with Crippen LogP contribution in [0.15, 0.2) is 30.3 Å². The topological polar surface area (TPSA) is 86.8 Å². The summed E-state index contributed by atoms with van der Waals surface area (Å²) in [6.07, 6.45) is 2.61. The molecule has 26 heavy (non-hydrogen) atoms. The van der Waals surface area contributed by atoms with E-state index in [1.165, 1.54) is 17.5 Å². The molecule has 2 saturated heterocycles. The fraction of sp³-hybridized carbons (Fsp3) is 0.556. The molecule has 2 atom stereocenters. The third-order valence-corrected chi connectivity index (χ3v) is 6.93. The SMILES string of the molecule is CC(=O)N1CC[C@@]2(C(=O)Nc3ccccc3)CCN(S(C)(=O)=O)CC[C@@H]12. The molecule has 1 N–H and O–H groups in total. The van der Waals surface area contributed by atoms with Gasteiger partial charge in [0, 0.05) is 38.3 Å². The summed E-state index contributed by atoms with van der Waals surface area (Å²) in [4.78, 5) is 27.0. The van der Waals surface area contributed by atoms with Crippen LogP contribution in [0.2, 0.25) is 0 Å². The van der Waals surface area contributed by atoms with Crippen molar-refractivity contribution in [2.45, 2.75) is 32.2 Å². The summed E-state index contributed by atoms with van der Waals surface area (Å²) < 4.78 is 25.4. The molecule has 142 valence electrons. The number of sulfonamides is 1. The number of rotatable bonds is 3. The summed E-state index contributed by atoms with van der Waals surface area (Å²) in [7, 11) is -3.33. The maximum Gasteiger partial charge on any atom is 0.232 e. The second-order valence-corrected chi connectivity index (χ2v) is 9.14. The van der Waals surface area contributed by atoms with Gasteiger partial charge in [-0.05, 0) is 31.4 Å². The molecule has 2 amide bonds. The summed E-state index contributed by atoms with van der Waals surface area (Å²) in [6, 6.07) is 8.93. The van der Waals surface area contributed by atoms with Gasteiger partial charge < -0.3 is 10.2 Å². The number of likely N-dealkylation sites (tertiary alicyclic amines) is 1. The Bertz CT molecular complexity index is 796. The quantitative estimate of drug-likeness (QED) is 0.857. The van der Waals surface area contributed by atoms with E-state index in [-0.39, 0.29) is 17.9 Å². The molecular formula is C18H25N3O4S. The zero-order valence-corrected chi connectivity index (χ0v) is 16.0. The monoisotopic (exact) mass is 379 g/mol. The van der Waals surface area contributed by atoms with E-state index < -0.39 is 15.4 Å². The van der Waals surface area contributed by atoms with Gasteiger partial charge in [-0.3, -0.25) is 9.59 Å². The molecule has 0 saturated carbocycles. The highest BCUT2D eigenvalue weighted by molar-refractivity contribution is 7.88. The first-order chi connectivity index (χ1) is 12.2. The minimum absolute atomic E-state index is 0.0720. The van der Waals surface area contributed by atoms with Crippen LogP contribution in [0.3, 0.4) is 0 Å². The van der Waals surface area contributed by atoms with Crippen LogP contribution in [0.25, 0.3) is 0 Å². The molecule has 0 radical (unpaired) electrons. The van der Waals surface area contributed by atoms with Crippen LogP contribution in [-0.2, 0) is 19.6 Å². The molecule has 2 aliphatic rings. The average molecular weight is 379 g/mol. The van der Waals surface area contributed by atoms with Crippen LogP contribution in [-0.4, -0.2) is 61.4 Å². The number of anilines is 1. The van der Waals surface area contributed by atoms with Gasteiger partial charge in [0.25, 0.3) is 0 Å². The zero-order chi connectivity index (χ0) is 18.9. The molecule has 0 spiro atoms. The highest BCUT2D eigenvalue weighted by Gasteiger charge is 2.54. The lowest BCUT2D eigenvalue weighted by Gasteiger charge is -2.35. The first-order valence-electron chi connectivity index (χ1n) is 8.83. The molecule has 0 bridgehead atoms. The third-order valence-electron chi connectivity index (χ3n) is 5.63. The summed E-state index contributed by atoms with van der Waals surface area (Å²) in [5.74, 6) is -0.204. The van der Waals surface area contributed by atoms with Crippen molar-refractivity contribution in [3.8, 4) is 0 Å². The minimum Gasteiger partial charge on any atom is -0.339 e. The van der Waals surface area contributed by atoms with Gasteiger partial charge in [-0.15, -0.1) is 0 Å². The minimum atomic E-state index is -3.33. The van der Waals surface area contributed by atoms with E-state index in [1.807, 2.05) is 30.3 Å². The molecule has 2 aliphatic heterocycles. The molecule has 0 aromatic heterocycles. The molecule has 8 heteroatoms. The fourth-order valence-corrected chi connectivity index (χ4v) is 5.09. The number of hydrogen-bond donors (Lipinski definition) is 1. The van der Waals surface area contributed by atoms with E-state index in [4.69, 9.17) is 0 Å². The Morgan fingerprint density at radius 2 is 1.77 bits per heavy atom.